The first kappa shape index (κ1) is 21.8. The molecule has 154 valence electrons. The van der Waals surface area contributed by atoms with Crippen molar-refractivity contribution in [2.24, 2.45) is 0 Å². The minimum absolute atomic E-state index is 0.209. The predicted octanol–water partition coefficient (Wildman–Crippen LogP) is 4.83. The van der Waals surface area contributed by atoms with Crippen LogP contribution in [0.15, 0.2) is 64.5 Å². The zero-order valence-corrected chi connectivity index (χ0v) is 18.0. The Hall–Kier alpha value is -2.91. The molecule has 2 aromatic carbocycles. The third-order valence-corrected chi connectivity index (χ3v) is 5.44. The molecule has 0 unspecified atom stereocenters. The number of nitrogens with one attached hydrogen (secondary N) is 1. The summed E-state index contributed by atoms with van der Waals surface area (Å²) in [6.45, 7) is 3.52. The second kappa shape index (κ2) is 9.73. The Bertz CT molecular complexity index is 1040. The highest BCUT2D eigenvalue weighted by Crippen LogP contribution is 2.33. The van der Waals surface area contributed by atoms with E-state index in [2.05, 4.69) is 27.8 Å². The van der Waals surface area contributed by atoms with E-state index in [9.17, 15) is 18.8 Å². The van der Waals surface area contributed by atoms with Gasteiger partial charge in [-0.25, -0.2) is 4.39 Å². The van der Waals surface area contributed by atoms with Crippen LogP contribution in [-0.4, -0.2) is 35.1 Å². The van der Waals surface area contributed by atoms with E-state index in [1.165, 1.54) is 24.3 Å². The van der Waals surface area contributed by atoms with Gasteiger partial charge >= 0.3 is 0 Å². The van der Waals surface area contributed by atoms with Gasteiger partial charge in [0.05, 0.1) is 9.38 Å². The molecule has 9 heteroatoms. The third kappa shape index (κ3) is 5.37. The molecule has 0 radical (unpaired) electrons. The molecule has 1 heterocycles. The van der Waals surface area contributed by atoms with Crippen LogP contribution in [0.2, 0.25) is 0 Å². The number of nitrogens with zero attached hydrogens (tertiary/aromatic N) is 1. The molecule has 1 aliphatic rings. The van der Waals surface area contributed by atoms with Gasteiger partial charge < -0.3 is 10.1 Å². The molecule has 3 amide bonds. The fourth-order valence-electron chi connectivity index (χ4n) is 2.54. The summed E-state index contributed by atoms with van der Waals surface area (Å²) in [7, 11) is 0. The summed E-state index contributed by atoms with van der Waals surface area (Å²) in [6, 6.07) is 10.4. The first-order chi connectivity index (χ1) is 14.4. The van der Waals surface area contributed by atoms with Crippen molar-refractivity contribution < 1.29 is 23.5 Å². The smallest absolute Gasteiger partial charge is 0.294 e. The minimum Gasteiger partial charge on any atom is -0.488 e. The van der Waals surface area contributed by atoms with Crippen molar-refractivity contribution in [2.45, 2.75) is 0 Å². The highest BCUT2D eigenvalue weighted by Gasteiger charge is 2.36. The number of hydrogen-bond acceptors (Lipinski definition) is 5. The Labute approximate surface area is 184 Å². The number of ether oxygens (including phenoxy) is 1. The monoisotopic (exact) mass is 490 g/mol. The average molecular weight is 491 g/mol. The number of carbonyl (C=O) groups excluding carboxylic acids is 3. The van der Waals surface area contributed by atoms with Gasteiger partial charge in [-0.2, -0.15) is 0 Å². The standard InChI is InChI=1S/C21H16BrFN2O4S/c1-2-9-29-17-8-3-13(10-16(17)22)11-18-20(27)25(21(28)30-18)12-19(26)24-15-6-4-14(23)5-7-15/h2-8,10-11H,1,9,12H2,(H,24,26)/b18-11-. The molecule has 0 bridgehead atoms. The Morgan fingerprint density at radius 2 is 1.97 bits per heavy atom. The van der Waals surface area contributed by atoms with E-state index in [0.29, 0.717) is 28.1 Å². The van der Waals surface area contributed by atoms with Crippen LogP contribution in [0, 0.1) is 5.82 Å². The normalized spacial score (nSPS) is 14.9. The van der Waals surface area contributed by atoms with E-state index in [4.69, 9.17) is 4.74 Å². The predicted molar refractivity (Wildman–Crippen MR) is 118 cm³/mol. The van der Waals surface area contributed by atoms with Crippen LogP contribution >= 0.6 is 27.7 Å². The van der Waals surface area contributed by atoms with Crippen molar-refractivity contribution in [2.75, 3.05) is 18.5 Å². The van der Waals surface area contributed by atoms with Gasteiger partial charge in [0.15, 0.2) is 0 Å². The van der Waals surface area contributed by atoms with Gasteiger partial charge in [0.25, 0.3) is 11.1 Å². The summed E-state index contributed by atoms with van der Waals surface area (Å²) in [4.78, 5) is 38.0. The van der Waals surface area contributed by atoms with Crippen LogP contribution in [0.3, 0.4) is 0 Å². The minimum atomic E-state index is -0.559. The van der Waals surface area contributed by atoms with Gasteiger partial charge in [0.2, 0.25) is 5.91 Å². The van der Waals surface area contributed by atoms with Crippen LogP contribution in [0.1, 0.15) is 5.56 Å². The molecule has 0 saturated carbocycles. The molecule has 2 aromatic rings. The second-order valence-corrected chi connectivity index (χ2v) is 7.96. The van der Waals surface area contributed by atoms with E-state index in [1.807, 2.05) is 0 Å². The lowest BCUT2D eigenvalue weighted by atomic mass is 10.2. The number of rotatable bonds is 7. The maximum atomic E-state index is 12.9. The van der Waals surface area contributed by atoms with Crippen LogP contribution < -0.4 is 10.1 Å². The third-order valence-electron chi connectivity index (χ3n) is 3.91. The Morgan fingerprint density at radius 1 is 1.23 bits per heavy atom. The molecular weight excluding hydrogens is 475 g/mol. The molecule has 1 saturated heterocycles. The molecule has 0 spiro atoms. The second-order valence-electron chi connectivity index (χ2n) is 6.11. The van der Waals surface area contributed by atoms with E-state index < -0.39 is 29.4 Å². The fourth-order valence-corrected chi connectivity index (χ4v) is 3.89. The van der Waals surface area contributed by atoms with Gasteiger partial charge in [0.1, 0.15) is 24.7 Å². The zero-order chi connectivity index (χ0) is 21.7. The number of thioether (sulfide) groups is 1. The molecule has 3 rings (SSSR count). The van der Waals surface area contributed by atoms with Crippen LogP contribution in [0.25, 0.3) is 6.08 Å². The maximum Gasteiger partial charge on any atom is 0.294 e. The van der Waals surface area contributed by atoms with Crippen molar-refractivity contribution in [1.82, 2.24) is 4.90 Å². The molecule has 1 aliphatic heterocycles. The quantitative estimate of drug-likeness (QED) is 0.444. The number of amides is 3. The number of hydrogen-bond donors (Lipinski definition) is 1. The van der Waals surface area contributed by atoms with Gasteiger partial charge in [-0.3, -0.25) is 19.3 Å². The first-order valence-corrected chi connectivity index (χ1v) is 10.3. The van der Waals surface area contributed by atoms with Gasteiger partial charge in [-0.05, 0) is 75.7 Å². The van der Waals surface area contributed by atoms with E-state index in [1.54, 1.807) is 30.4 Å². The van der Waals surface area contributed by atoms with E-state index in [0.717, 1.165) is 16.7 Å². The topological polar surface area (TPSA) is 75.7 Å². The molecule has 1 fully saturated rings. The number of imide groups is 1. The lowest BCUT2D eigenvalue weighted by Gasteiger charge is -2.12. The first-order valence-electron chi connectivity index (χ1n) is 8.71. The van der Waals surface area contributed by atoms with Crippen molar-refractivity contribution in [3.63, 3.8) is 0 Å². The number of carbonyl (C=O) groups is 3. The highest BCUT2D eigenvalue weighted by atomic mass is 79.9. The van der Waals surface area contributed by atoms with Crippen LogP contribution in [0.5, 0.6) is 5.75 Å². The molecular formula is C21H16BrFN2O4S. The average Bonchev–Trinajstić information content (AvgIpc) is 2.96. The molecule has 6 nitrogen and oxygen atoms in total. The van der Waals surface area contributed by atoms with Crippen molar-refractivity contribution in [3.05, 3.63) is 75.9 Å². The van der Waals surface area contributed by atoms with Gasteiger partial charge in [-0.1, -0.05) is 18.7 Å². The van der Waals surface area contributed by atoms with Crippen molar-refractivity contribution >= 4 is 56.5 Å². The van der Waals surface area contributed by atoms with Crippen LogP contribution in [0.4, 0.5) is 14.9 Å². The lowest BCUT2D eigenvalue weighted by molar-refractivity contribution is -0.127. The Morgan fingerprint density at radius 3 is 2.63 bits per heavy atom. The molecule has 0 atom stereocenters. The number of anilines is 1. The van der Waals surface area contributed by atoms with E-state index >= 15 is 0 Å². The summed E-state index contributed by atoms with van der Waals surface area (Å²) in [6.07, 6.45) is 3.20. The maximum absolute atomic E-state index is 12.9. The molecule has 1 N–H and O–H groups in total. The highest BCUT2D eigenvalue weighted by molar-refractivity contribution is 9.10. The van der Waals surface area contributed by atoms with Crippen molar-refractivity contribution in [3.8, 4) is 5.75 Å². The Kier molecular flexibility index (Phi) is 7.07. The molecule has 30 heavy (non-hydrogen) atoms. The molecule has 0 aromatic heterocycles. The zero-order valence-electron chi connectivity index (χ0n) is 15.6. The van der Waals surface area contributed by atoms with Gasteiger partial charge in [0, 0.05) is 5.69 Å². The van der Waals surface area contributed by atoms with E-state index in [-0.39, 0.29) is 4.91 Å². The summed E-state index contributed by atoms with van der Waals surface area (Å²) < 4.78 is 19.1. The number of halogens is 2. The lowest BCUT2D eigenvalue weighted by Crippen LogP contribution is -2.36. The fraction of sp³-hybridized carbons (Fsp3) is 0.0952. The summed E-state index contributed by atoms with van der Waals surface area (Å²) >= 11 is 4.16. The Balaban J connectivity index is 1.68. The largest absolute Gasteiger partial charge is 0.488 e. The van der Waals surface area contributed by atoms with Crippen molar-refractivity contribution in [1.29, 1.82) is 0 Å². The molecule has 0 aliphatic carbocycles. The van der Waals surface area contributed by atoms with Crippen LogP contribution in [-0.2, 0) is 9.59 Å². The summed E-state index contributed by atoms with van der Waals surface area (Å²) in [5.41, 5.74) is 1.06. The summed E-state index contributed by atoms with van der Waals surface area (Å²) in [5.74, 6) is -0.924. The van der Waals surface area contributed by atoms with Gasteiger partial charge in [-0.15, -0.1) is 0 Å². The number of benzene rings is 2. The SMILES string of the molecule is C=CCOc1ccc(/C=C2\SC(=O)N(CC(=O)Nc3ccc(F)cc3)C2=O)cc1Br. The summed E-state index contributed by atoms with van der Waals surface area (Å²) in [5, 5.41) is 1.99.